The van der Waals surface area contributed by atoms with Crippen molar-refractivity contribution in [1.29, 1.82) is 0 Å². The van der Waals surface area contributed by atoms with Gasteiger partial charge in [0.1, 0.15) is 6.04 Å². The minimum absolute atomic E-state index is 0.163. The van der Waals surface area contributed by atoms with Crippen LogP contribution in [0.25, 0.3) is 0 Å². The van der Waals surface area contributed by atoms with Crippen molar-refractivity contribution >= 4 is 40.5 Å². The number of nitrogens with zero attached hydrogens (tertiary/aromatic N) is 1. The second-order valence-corrected chi connectivity index (χ2v) is 10.5. The summed E-state index contributed by atoms with van der Waals surface area (Å²) in [6.07, 6.45) is 0.685. The highest BCUT2D eigenvalue weighted by atomic mass is 32.1. The summed E-state index contributed by atoms with van der Waals surface area (Å²) >= 11 is 1.27. The zero-order valence-corrected chi connectivity index (χ0v) is 22.6. The van der Waals surface area contributed by atoms with Crippen LogP contribution in [0, 0.1) is 6.92 Å². The fraction of sp³-hybridized carbons (Fsp3) is 0.310. The van der Waals surface area contributed by atoms with E-state index in [0.29, 0.717) is 28.1 Å². The molecular weight excluding hydrogens is 486 g/mol. The number of benzene rings is 2. The summed E-state index contributed by atoms with van der Waals surface area (Å²) in [5.41, 5.74) is 1.91. The molecule has 0 aliphatic carbocycles. The topological polar surface area (TPSA) is 95.6 Å². The SMILES string of the molecule is CCC(C)(C)NC(=O)C(c1ccc(C)cc1)N(C(=O)CNC(=O)c1cccs1)c1cccc(C(C)=O)c1. The minimum Gasteiger partial charge on any atom is -0.349 e. The standard InChI is InChI=1S/C29H33N3O4S/c1-6-29(4,5)31-28(36)26(21-14-12-19(2)13-15-21)32(23-10-7-9-22(17-23)20(3)33)25(34)18-30-27(35)24-11-8-16-37-24/h7-17,26H,6,18H2,1-5H3,(H,30,35)(H,31,36). The quantitative estimate of drug-likeness (QED) is 0.366. The van der Waals surface area contributed by atoms with Crippen LogP contribution in [0.15, 0.2) is 66.0 Å². The number of hydrogen-bond donors (Lipinski definition) is 2. The van der Waals surface area contributed by atoms with Crippen molar-refractivity contribution in [2.24, 2.45) is 0 Å². The smallest absolute Gasteiger partial charge is 0.261 e. The van der Waals surface area contributed by atoms with Gasteiger partial charge in [0.05, 0.1) is 11.4 Å². The first-order valence-corrected chi connectivity index (χ1v) is 13.0. The first kappa shape index (κ1) is 27.8. The predicted molar refractivity (Wildman–Crippen MR) is 147 cm³/mol. The molecule has 2 aromatic carbocycles. The Morgan fingerprint density at radius 3 is 2.30 bits per heavy atom. The molecule has 7 nitrogen and oxygen atoms in total. The van der Waals surface area contributed by atoms with Crippen molar-refractivity contribution in [2.45, 2.75) is 52.6 Å². The Balaban J connectivity index is 2.08. The molecule has 0 fully saturated rings. The second-order valence-electron chi connectivity index (χ2n) is 9.57. The van der Waals surface area contributed by atoms with Crippen LogP contribution in [-0.4, -0.2) is 35.6 Å². The largest absolute Gasteiger partial charge is 0.349 e. The van der Waals surface area contributed by atoms with Crippen molar-refractivity contribution in [3.05, 3.63) is 87.6 Å². The molecule has 8 heteroatoms. The van der Waals surface area contributed by atoms with Gasteiger partial charge in [0, 0.05) is 16.8 Å². The normalized spacial score (nSPS) is 11.9. The Labute approximate surface area is 221 Å². The van der Waals surface area contributed by atoms with Gasteiger partial charge in [0.2, 0.25) is 11.8 Å². The summed E-state index contributed by atoms with van der Waals surface area (Å²) in [4.78, 5) is 54.1. The van der Waals surface area contributed by atoms with Crippen LogP contribution in [0.3, 0.4) is 0 Å². The number of carbonyl (C=O) groups is 4. The molecule has 0 bridgehead atoms. The summed E-state index contributed by atoms with van der Waals surface area (Å²) in [7, 11) is 0. The molecule has 0 radical (unpaired) electrons. The molecule has 194 valence electrons. The zero-order valence-electron chi connectivity index (χ0n) is 21.8. The fourth-order valence-corrected chi connectivity index (χ4v) is 4.34. The van der Waals surface area contributed by atoms with Gasteiger partial charge in [0.15, 0.2) is 5.78 Å². The number of anilines is 1. The van der Waals surface area contributed by atoms with Crippen molar-refractivity contribution in [3.8, 4) is 0 Å². The highest BCUT2D eigenvalue weighted by Gasteiger charge is 2.35. The number of ketones is 1. The first-order chi connectivity index (χ1) is 17.5. The second kappa shape index (κ2) is 12.0. The van der Waals surface area contributed by atoms with Crippen LogP contribution >= 0.6 is 11.3 Å². The van der Waals surface area contributed by atoms with E-state index in [1.165, 1.54) is 23.2 Å². The summed E-state index contributed by atoms with van der Waals surface area (Å²) < 4.78 is 0. The van der Waals surface area contributed by atoms with E-state index >= 15 is 0 Å². The molecule has 3 rings (SSSR count). The molecule has 3 aromatic rings. The third-order valence-electron chi connectivity index (χ3n) is 6.19. The van der Waals surface area contributed by atoms with E-state index in [9.17, 15) is 19.2 Å². The van der Waals surface area contributed by atoms with Gasteiger partial charge >= 0.3 is 0 Å². The summed E-state index contributed by atoms with van der Waals surface area (Å²) in [5, 5.41) is 7.51. The first-order valence-electron chi connectivity index (χ1n) is 12.2. The van der Waals surface area contributed by atoms with Gasteiger partial charge < -0.3 is 10.6 Å². The van der Waals surface area contributed by atoms with Gasteiger partial charge in [-0.1, -0.05) is 55.0 Å². The number of thiophene rings is 1. The van der Waals surface area contributed by atoms with Gasteiger partial charge in [-0.3, -0.25) is 24.1 Å². The third-order valence-corrected chi connectivity index (χ3v) is 7.06. The number of aryl methyl sites for hydroxylation is 1. The van der Waals surface area contributed by atoms with Crippen LogP contribution in [0.5, 0.6) is 0 Å². The number of hydrogen-bond acceptors (Lipinski definition) is 5. The lowest BCUT2D eigenvalue weighted by Gasteiger charge is -2.35. The van der Waals surface area contributed by atoms with E-state index in [1.54, 1.807) is 41.8 Å². The Morgan fingerprint density at radius 1 is 1.00 bits per heavy atom. The molecule has 1 unspecified atom stereocenters. The van der Waals surface area contributed by atoms with E-state index in [2.05, 4.69) is 10.6 Å². The molecule has 0 aliphatic heterocycles. The molecule has 3 amide bonds. The number of Topliss-reactive ketones (excluding diaryl/α,β-unsaturated/α-hetero) is 1. The van der Waals surface area contributed by atoms with Crippen LogP contribution in [0.2, 0.25) is 0 Å². The summed E-state index contributed by atoms with van der Waals surface area (Å²) in [5.74, 6) is -1.38. The predicted octanol–water partition coefficient (Wildman–Crippen LogP) is 5.07. The van der Waals surface area contributed by atoms with Gasteiger partial charge in [-0.25, -0.2) is 0 Å². The van der Waals surface area contributed by atoms with Crippen molar-refractivity contribution < 1.29 is 19.2 Å². The molecule has 2 N–H and O–H groups in total. The molecule has 0 saturated carbocycles. The Kier molecular flexibility index (Phi) is 8.99. The molecule has 37 heavy (non-hydrogen) atoms. The highest BCUT2D eigenvalue weighted by molar-refractivity contribution is 7.12. The lowest BCUT2D eigenvalue weighted by Crippen LogP contribution is -2.52. The number of amides is 3. The van der Waals surface area contributed by atoms with E-state index in [0.717, 1.165) is 5.56 Å². The third kappa shape index (κ3) is 7.13. The number of rotatable bonds is 10. The van der Waals surface area contributed by atoms with Crippen LogP contribution < -0.4 is 15.5 Å². The van der Waals surface area contributed by atoms with E-state index in [1.807, 2.05) is 52.0 Å². The molecule has 1 aromatic heterocycles. The molecular formula is C29H33N3O4S. The maximum absolute atomic E-state index is 13.8. The fourth-order valence-electron chi connectivity index (χ4n) is 3.70. The maximum atomic E-state index is 13.8. The van der Waals surface area contributed by atoms with Crippen LogP contribution in [0.4, 0.5) is 5.69 Å². The molecule has 0 aliphatic rings. The zero-order chi connectivity index (χ0) is 27.2. The Bertz CT molecular complexity index is 1270. The van der Waals surface area contributed by atoms with Gasteiger partial charge in [-0.05, 0) is 63.3 Å². The van der Waals surface area contributed by atoms with Gasteiger partial charge in [-0.2, -0.15) is 0 Å². The molecule has 1 atom stereocenters. The number of carbonyl (C=O) groups excluding carboxylic acids is 4. The minimum atomic E-state index is -1.03. The van der Waals surface area contributed by atoms with Gasteiger partial charge in [-0.15, -0.1) is 11.3 Å². The highest BCUT2D eigenvalue weighted by Crippen LogP contribution is 2.30. The Hall–Kier alpha value is -3.78. The van der Waals surface area contributed by atoms with E-state index in [4.69, 9.17) is 0 Å². The summed E-state index contributed by atoms with van der Waals surface area (Å²) in [6.45, 7) is 8.87. The van der Waals surface area contributed by atoms with Crippen molar-refractivity contribution in [3.63, 3.8) is 0 Å². The molecule has 0 saturated heterocycles. The van der Waals surface area contributed by atoms with Crippen molar-refractivity contribution in [1.82, 2.24) is 10.6 Å². The maximum Gasteiger partial charge on any atom is 0.261 e. The lowest BCUT2D eigenvalue weighted by molar-refractivity contribution is -0.127. The average Bonchev–Trinajstić information content (AvgIpc) is 3.41. The lowest BCUT2D eigenvalue weighted by atomic mass is 9.97. The van der Waals surface area contributed by atoms with E-state index in [-0.39, 0.29) is 24.1 Å². The Morgan fingerprint density at radius 2 is 1.70 bits per heavy atom. The van der Waals surface area contributed by atoms with Crippen LogP contribution in [0.1, 0.15) is 71.3 Å². The monoisotopic (exact) mass is 519 g/mol. The molecule has 1 heterocycles. The summed E-state index contributed by atoms with van der Waals surface area (Å²) in [6, 6.07) is 16.4. The number of nitrogens with one attached hydrogen (secondary N) is 2. The molecule has 0 spiro atoms. The van der Waals surface area contributed by atoms with Crippen molar-refractivity contribution in [2.75, 3.05) is 11.4 Å². The van der Waals surface area contributed by atoms with Gasteiger partial charge in [0.25, 0.3) is 5.91 Å². The average molecular weight is 520 g/mol. The van der Waals surface area contributed by atoms with Crippen LogP contribution in [-0.2, 0) is 9.59 Å². The van der Waals surface area contributed by atoms with E-state index < -0.39 is 17.5 Å².